The van der Waals surface area contributed by atoms with Gasteiger partial charge < -0.3 is 9.84 Å². The van der Waals surface area contributed by atoms with Crippen LogP contribution in [0.5, 0.6) is 0 Å². The fourth-order valence-electron chi connectivity index (χ4n) is 0.215. The van der Waals surface area contributed by atoms with Crippen LogP contribution in [0.15, 0.2) is 0 Å². The Morgan fingerprint density at radius 2 is 2.43 bits per heavy atom. The van der Waals surface area contributed by atoms with Gasteiger partial charge in [-0.2, -0.15) is 0 Å². The maximum absolute atomic E-state index is 8.52. The molecule has 44 valence electrons. The Kier molecular flexibility index (Phi) is 4.82. The maximum Gasteiger partial charge on any atom is 0.111 e. The molecule has 0 unspecified atom stereocenters. The zero-order valence-corrected chi connectivity index (χ0v) is 5.81. The minimum absolute atomic E-state index is 0.410. The molecule has 0 bridgehead atoms. The molecule has 0 rings (SSSR count). The van der Waals surface area contributed by atoms with Gasteiger partial charge >= 0.3 is 0 Å². The molecule has 2 nitrogen and oxygen atoms in total. The van der Waals surface area contributed by atoms with Crippen LogP contribution in [0.2, 0.25) is 0 Å². The van der Waals surface area contributed by atoms with Crippen LogP contribution in [-0.2, 0) is 4.74 Å². The van der Waals surface area contributed by atoms with Gasteiger partial charge in [0.2, 0.25) is 0 Å². The van der Waals surface area contributed by atoms with Gasteiger partial charge in [0.05, 0.1) is 0 Å². The van der Waals surface area contributed by atoms with E-state index >= 15 is 0 Å². The Bertz CT molecular complexity index is 38.7. The summed E-state index contributed by atoms with van der Waals surface area (Å²) in [6.45, 7) is 0.604. The highest BCUT2D eigenvalue weighted by atomic mass is 79.9. The Morgan fingerprint density at radius 3 is 2.57 bits per heavy atom. The average molecular weight is 169 g/mol. The van der Waals surface area contributed by atoms with Crippen LogP contribution >= 0.6 is 15.9 Å². The van der Waals surface area contributed by atoms with E-state index in [0.717, 1.165) is 0 Å². The normalized spacial score (nSPS) is 14.1. The second kappa shape index (κ2) is 4.56. The molecular formula is C4H9BrO2. The third-order valence-electron chi connectivity index (χ3n) is 0.560. The van der Waals surface area contributed by atoms with Crippen LogP contribution in [0.4, 0.5) is 0 Å². The summed E-state index contributed by atoms with van der Waals surface area (Å²) in [5.41, 5.74) is 0. The molecule has 1 atom stereocenters. The van der Waals surface area contributed by atoms with Crippen molar-refractivity contribution >= 4 is 15.9 Å². The van der Waals surface area contributed by atoms with E-state index < -0.39 is 5.01 Å². The van der Waals surface area contributed by atoms with Gasteiger partial charge in [-0.25, -0.2) is 0 Å². The van der Waals surface area contributed by atoms with Crippen molar-refractivity contribution < 1.29 is 9.84 Å². The predicted octanol–water partition coefficient (Wildman–Crippen LogP) is 0.736. The largest absolute Gasteiger partial charge is 0.385 e. The van der Waals surface area contributed by atoms with Crippen molar-refractivity contribution in [3.05, 3.63) is 0 Å². The fraction of sp³-hybridized carbons (Fsp3) is 1.00. The lowest BCUT2D eigenvalue weighted by Crippen LogP contribution is -1.99. The number of alkyl halides is 1. The van der Waals surface area contributed by atoms with Crippen LogP contribution in [0, 0.1) is 0 Å². The first-order valence-electron chi connectivity index (χ1n) is 2.08. The smallest absolute Gasteiger partial charge is 0.111 e. The molecule has 0 saturated carbocycles. The lowest BCUT2D eigenvalue weighted by atomic mass is 10.5. The third kappa shape index (κ3) is 6.40. The Hall–Kier alpha value is 0.400. The monoisotopic (exact) mass is 168 g/mol. The lowest BCUT2D eigenvalue weighted by Gasteiger charge is -1.97. The van der Waals surface area contributed by atoms with E-state index in [1.807, 2.05) is 0 Å². The average Bonchev–Trinajstić information content (AvgIpc) is 1.61. The number of ether oxygens (including phenoxy) is 1. The van der Waals surface area contributed by atoms with Crippen LogP contribution in [-0.4, -0.2) is 23.8 Å². The minimum atomic E-state index is -0.410. The highest BCUT2D eigenvalue weighted by Gasteiger charge is 1.92. The summed E-state index contributed by atoms with van der Waals surface area (Å²) in [5, 5.41) is 8.11. The number of hydrogen-bond acceptors (Lipinski definition) is 2. The van der Waals surface area contributed by atoms with E-state index in [9.17, 15) is 0 Å². The van der Waals surface area contributed by atoms with Crippen LogP contribution in [0.3, 0.4) is 0 Å². The van der Waals surface area contributed by atoms with Crippen molar-refractivity contribution in [1.29, 1.82) is 0 Å². The molecule has 7 heavy (non-hydrogen) atoms. The zero-order valence-electron chi connectivity index (χ0n) is 4.22. The summed E-state index contributed by atoms with van der Waals surface area (Å²) < 4.78 is 4.66. The van der Waals surface area contributed by atoms with E-state index in [4.69, 9.17) is 5.11 Å². The van der Waals surface area contributed by atoms with E-state index in [1.54, 1.807) is 7.11 Å². The highest BCUT2D eigenvalue weighted by Crippen LogP contribution is 1.98. The molecule has 0 fully saturated rings. The zero-order chi connectivity index (χ0) is 5.70. The van der Waals surface area contributed by atoms with Crippen molar-refractivity contribution in [3.63, 3.8) is 0 Å². The molecule has 1 N–H and O–H groups in total. The molecular weight excluding hydrogens is 160 g/mol. The molecule has 0 aromatic rings. The summed E-state index contributed by atoms with van der Waals surface area (Å²) in [6.07, 6.45) is 0.649. The van der Waals surface area contributed by atoms with Crippen molar-refractivity contribution in [3.8, 4) is 0 Å². The van der Waals surface area contributed by atoms with E-state index in [-0.39, 0.29) is 0 Å². The first kappa shape index (κ1) is 7.40. The van der Waals surface area contributed by atoms with Crippen molar-refractivity contribution in [2.45, 2.75) is 11.4 Å². The van der Waals surface area contributed by atoms with Crippen molar-refractivity contribution in [2.75, 3.05) is 13.7 Å². The molecule has 0 amide bonds. The molecule has 0 aromatic heterocycles. The number of methoxy groups -OCH3 is 1. The predicted molar refractivity (Wildman–Crippen MR) is 31.4 cm³/mol. The van der Waals surface area contributed by atoms with Gasteiger partial charge in [-0.15, -0.1) is 0 Å². The van der Waals surface area contributed by atoms with E-state index in [0.29, 0.717) is 13.0 Å². The maximum atomic E-state index is 8.52. The number of hydrogen-bond donors (Lipinski definition) is 1. The molecule has 3 heteroatoms. The molecule has 0 aliphatic rings. The summed E-state index contributed by atoms with van der Waals surface area (Å²) in [5.74, 6) is 0. The molecule has 0 spiro atoms. The van der Waals surface area contributed by atoms with Crippen LogP contribution in [0.25, 0.3) is 0 Å². The SMILES string of the molecule is COCC[C@@H](O)Br. The third-order valence-corrected chi connectivity index (χ3v) is 1.02. The molecule has 0 radical (unpaired) electrons. The summed E-state index contributed by atoms with van der Waals surface area (Å²) >= 11 is 2.95. The lowest BCUT2D eigenvalue weighted by molar-refractivity contribution is 0.156. The van der Waals surface area contributed by atoms with Gasteiger partial charge in [-0.1, -0.05) is 15.9 Å². The van der Waals surface area contributed by atoms with Gasteiger partial charge in [0.15, 0.2) is 0 Å². The Balaban J connectivity index is 2.68. The standard InChI is InChI=1S/C4H9BrO2/c1-7-3-2-4(5)6/h4,6H,2-3H2,1H3/t4-/m1/s1. The van der Waals surface area contributed by atoms with Crippen molar-refractivity contribution in [1.82, 2.24) is 0 Å². The van der Waals surface area contributed by atoms with Gasteiger partial charge in [0, 0.05) is 20.1 Å². The second-order valence-electron chi connectivity index (χ2n) is 1.22. The van der Waals surface area contributed by atoms with Crippen LogP contribution < -0.4 is 0 Å². The fourth-order valence-corrected chi connectivity index (χ4v) is 0.402. The molecule has 0 saturated heterocycles. The number of aliphatic hydroxyl groups excluding tert-OH is 1. The minimum Gasteiger partial charge on any atom is -0.385 e. The Morgan fingerprint density at radius 1 is 1.86 bits per heavy atom. The quantitative estimate of drug-likeness (QED) is 0.631. The van der Waals surface area contributed by atoms with E-state index in [1.165, 1.54) is 0 Å². The summed E-state index contributed by atoms with van der Waals surface area (Å²) in [7, 11) is 1.61. The van der Waals surface area contributed by atoms with Crippen LogP contribution in [0.1, 0.15) is 6.42 Å². The first-order chi connectivity index (χ1) is 3.27. The van der Waals surface area contributed by atoms with Crippen molar-refractivity contribution in [2.24, 2.45) is 0 Å². The number of rotatable bonds is 3. The number of halogens is 1. The van der Waals surface area contributed by atoms with Gasteiger partial charge in [-0.3, -0.25) is 0 Å². The molecule has 0 heterocycles. The molecule has 0 aliphatic carbocycles. The Labute approximate surface area is 51.6 Å². The summed E-state index contributed by atoms with van der Waals surface area (Å²) in [6, 6.07) is 0. The number of aliphatic hydroxyl groups is 1. The topological polar surface area (TPSA) is 29.5 Å². The van der Waals surface area contributed by atoms with Gasteiger partial charge in [0.25, 0.3) is 0 Å². The summed E-state index contributed by atoms with van der Waals surface area (Å²) in [4.78, 5) is 0. The van der Waals surface area contributed by atoms with Gasteiger partial charge in [0.1, 0.15) is 5.01 Å². The van der Waals surface area contributed by atoms with Gasteiger partial charge in [-0.05, 0) is 0 Å². The van der Waals surface area contributed by atoms with E-state index in [2.05, 4.69) is 20.7 Å². The second-order valence-corrected chi connectivity index (χ2v) is 2.27. The highest BCUT2D eigenvalue weighted by molar-refractivity contribution is 9.09. The molecule has 0 aromatic carbocycles. The first-order valence-corrected chi connectivity index (χ1v) is 3.00. The molecule has 0 aliphatic heterocycles.